The summed E-state index contributed by atoms with van der Waals surface area (Å²) in [6, 6.07) is 17.3. The monoisotopic (exact) mass is 471 g/mol. The highest BCUT2D eigenvalue weighted by Crippen LogP contribution is 2.41. The molecule has 1 amide bonds. The van der Waals surface area contributed by atoms with Gasteiger partial charge in [0, 0.05) is 12.1 Å². The molecular formula is C28H25NO6. The van der Waals surface area contributed by atoms with E-state index in [9.17, 15) is 14.7 Å². The lowest BCUT2D eigenvalue weighted by atomic mass is 9.94. The van der Waals surface area contributed by atoms with E-state index in [1.54, 1.807) is 49.6 Å². The second kappa shape index (κ2) is 8.83. The predicted octanol–water partition coefficient (Wildman–Crippen LogP) is 4.66. The van der Waals surface area contributed by atoms with Crippen molar-refractivity contribution in [2.45, 2.75) is 26.4 Å². The standard InChI is InChI=1S/C28H25NO6/c1-16-4-6-20(12-17(16)2)26(30)24-25(19-7-9-21(33-3)10-8-19)29(28(32)27(24)31)14-18-5-11-22-23(13-18)35-15-34-22/h4-13,25,30H,14-15H2,1-3H3/b26-24+. The van der Waals surface area contributed by atoms with Crippen LogP contribution < -0.4 is 14.2 Å². The molecule has 0 bridgehead atoms. The van der Waals surface area contributed by atoms with Crippen LogP contribution in [0.4, 0.5) is 0 Å². The van der Waals surface area contributed by atoms with E-state index >= 15 is 0 Å². The molecule has 3 aromatic carbocycles. The third kappa shape index (κ3) is 3.99. The number of nitrogens with zero attached hydrogens (tertiary/aromatic N) is 1. The summed E-state index contributed by atoms with van der Waals surface area (Å²) in [5, 5.41) is 11.3. The zero-order chi connectivity index (χ0) is 24.7. The van der Waals surface area contributed by atoms with Crippen molar-refractivity contribution in [2.75, 3.05) is 13.9 Å². The predicted molar refractivity (Wildman–Crippen MR) is 129 cm³/mol. The average Bonchev–Trinajstić information content (AvgIpc) is 3.43. The van der Waals surface area contributed by atoms with Gasteiger partial charge in [-0.2, -0.15) is 0 Å². The minimum absolute atomic E-state index is 0.0594. The summed E-state index contributed by atoms with van der Waals surface area (Å²) < 4.78 is 16.1. The van der Waals surface area contributed by atoms with Gasteiger partial charge in [-0.15, -0.1) is 0 Å². The van der Waals surface area contributed by atoms with Crippen LogP contribution in [0.2, 0.25) is 0 Å². The maximum absolute atomic E-state index is 13.3. The minimum atomic E-state index is -0.770. The quantitative estimate of drug-likeness (QED) is 0.331. The number of ketones is 1. The molecule has 178 valence electrons. The Balaban J connectivity index is 1.61. The van der Waals surface area contributed by atoms with Gasteiger partial charge in [0.2, 0.25) is 6.79 Å². The number of rotatable bonds is 5. The molecule has 0 aliphatic carbocycles. The Morgan fingerprint density at radius 1 is 0.971 bits per heavy atom. The fraction of sp³-hybridized carbons (Fsp3) is 0.214. The first-order valence-electron chi connectivity index (χ1n) is 11.3. The van der Waals surface area contributed by atoms with Crippen molar-refractivity contribution in [1.29, 1.82) is 0 Å². The van der Waals surface area contributed by atoms with E-state index in [4.69, 9.17) is 14.2 Å². The van der Waals surface area contributed by atoms with E-state index in [-0.39, 0.29) is 24.7 Å². The second-order valence-corrected chi connectivity index (χ2v) is 8.69. The van der Waals surface area contributed by atoms with Gasteiger partial charge in [-0.05, 0) is 66.4 Å². The van der Waals surface area contributed by atoms with Crippen molar-refractivity contribution < 1.29 is 28.9 Å². The van der Waals surface area contributed by atoms with Gasteiger partial charge in [0.15, 0.2) is 11.5 Å². The fourth-order valence-corrected chi connectivity index (χ4v) is 4.46. The third-order valence-electron chi connectivity index (χ3n) is 6.54. The number of Topliss-reactive ketones (excluding diaryl/α,β-unsaturated/α-hetero) is 1. The number of ether oxygens (including phenoxy) is 3. The molecule has 1 N–H and O–H groups in total. The summed E-state index contributed by atoms with van der Waals surface area (Å²) in [6.45, 7) is 4.21. The number of aliphatic hydroxyl groups is 1. The lowest BCUT2D eigenvalue weighted by Gasteiger charge is -2.25. The summed E-state index contributed by atoms with van der Waals surface area (Å²) in [4.78, 5) is 28.0. The molecule has 0 spiro atoms. The van der Waals surface area contributed by atoms with Crippen LogP contribution in [0.15, 0.2) is 66.2 Å². The van der Waals surface area contributed by atoms with Crippen molar-refractivity contribution >= 4 is 17.4 Å². The SMILES string of the molecule is COc1ccc(C2/C(=C(\O)c3ccc(C)c(C)c3)C(=O)C(=O)N2Cc2ccc3c(c2)OCO3)cc1. The Morgan fingerprint density at radius 2 is 1.71 bits per heavy atom. The number of fused-ring (bicyclic) bond motifs is 1. The normalized spacial score (nSPS) is 18.3. The highest BCUT2D eigenvalue weighted by Gasteiger charge is 2.46. The number of carbonyl (C=O) groups is 2. The molecule has 3 aromatic rings. The summed E-state index contributed by atoms with van der Waals surface area (Å²) in [5.74, 6) is 0.291. The minimum Gasteiger partial charge on any atom is -0.507 e. The van der Waals surface area contributed by atoms with Crippen molar-refractivity contribution in [3.8, 4) is 17.2 Å². The van der Waals surface area contributed by atoms with Crippen molar-refractivity contribution in [2.24, 2.45) is 0 Å². The van der Waals surface area contributed by atoms with Crippen molar-refractivity contribution in [3.63, 3.8) is 0 Å². The highest BCUT2D eigenvalue weighted by atomic mass is 16.7. The summed E-state index contributed by atoms with van der Waals surface area (Å²) in [5.41, 5.74) is 4.06. The fourth-order valence-electron chi connectivity index (χ4n) is 4.46. The molecule has 1 saturated heterocycles. The van der Waals surface area contributed by atoms with Crippen molar-refractivity contribution in [1.82, 2.24) is 4.90 Å². The molecule has 1 fully saturated rings. The van der Waals surface area contributed by atoms with E-state index in [0.29, 0.717) is 28.4 Å². The maximum Gasteiger partial charge on any atom is 0.295 e. The molecule has 5 rings (SSSR count). The molecular weight excluding hydrogens is 446 g/mol. The number of methoxy groups -OCH3 is 1. The first-order chi connectivity index (χ1) is 16.9. The van der Waals surface area contributed by atoms with Crippen LogP contribution in [0.5, 0.6) is 17.2 Å². The molecule has 0 radical (unpaired) electrons. The molecule has 0 aromatic heterocycles. The van der Waals surface area contributed by atoms with Crippen LogP contribution in [0.25, 0.3) is 5.76 Å². The molecule has 1 atom stereocenters. The summed E-state index contributed by atoms with van der Waals surface area (Å²) >= 11 is 0. The second-order valence-electron chi connectivity index (χ2n) is 8.69. The van der Waals surface area contributed by atoms with Crippen molar-refractivity contribution in [3.05, 3.63) is 94.1 Å². The Morgan fingerprint density at radius 3 is 2.43 bits per heavy atom. The number of hydrogen-bond donors (Lipinski definition) is 1. The zero-order valence-electron chi connectivity index (χ0n) is 19.7. The van der Waals surface area contributed by atoms with Crippen LogP contribution >= 0.6 is 0 Å². The summed E-state index contributed by atoms with van der Waals surface area (Å²) in [7, 11) is 1.57. The van der Waals surface area contributed by atoms with Gasteiger partial charge >= 0.3 is 0 Å². The average molecular weight is 472 g/mol. The number of carbonyl (C=O) groups excluding carboxylic acids is 2. The van der Waals surface area contributed by atoms with E-state index < -0.39 is 17.7 Å². The lowest BCUT2D eigenvalue weighted by Crippen LogP contribution is -2.29. The van der Waals surface area contributed by atoms with Gasteiger partial charge in [-0.1, -0.05) is 30.3 Å². The number of likely N-dealkylation sites (tertiary alicyclic amines) is 1. The Labute approximate surface area is 203 Å². The largest absolute Gasteiger partial charge is 0.507 e. The van der Waals surface area contributed by atoms with Crippen LogP contribution in [-0.2, 0) is 16.1 Å². The zero-order valence-corrected chi connectivity index (χ0v) is 19.7. The molecule has 0 saturated carbocycles. The Hall–Kier alpha value is -4.26. The molecule has 2 aliphatic rings. The van der Waals surface area contributed by atoms with Gasteiger partial charge in [-0.3, -0.25) is 9.59 Å². The van der Waals surface area contributed by atoms with Gasteiger partial charge in [0.1, 0.15) is 11.5 Å². The van der Waals surface area contributed by atoms with Crippen LogP contribution in [-0.4, -0.2) is 35.6 Å². The van der Waals surface area contributed by atoms with E-state index in [1.807, 2.05) is 32.0 Å². The number of hydrogen-bond acceptors (Lipinski definition) is 6. The van der Waals surface area contributed by atoms with Crippen LogP contribution in [0, 0.1) is 13.8 Å². The van der Waals surface area contributed by atoms with E-state index in [2.05, 4.69) is 0 Å². The lowest BCUT2D eigenvalue weighted by molar-refractivity contribution is -0.140. The topological polar surface area (TPSA) is 85.3 Å². The third-order valence-corrected chi connectivity index (χ3v) is 6.54. The number of amides is 1. The molecule has 2 heterocycles. The summed E-state index contributed by atoms with van der Waals surface area (Å²) in [6.07, 6.45) is 0. The van der Waals surface area contributed by atoms with E-state index in [0.717, 1.165) is 16.7 Å². The highest BCUT2D eigenvalue weighted by molar-refractivity contribution is 6.46. The maximum atomic E-state index is 13.3. The van der Waals surface area contributed by atoms with Gasteiger partial charge in [0.05, 0.1) is 18.7 Å². The number of aryl methyl sites for hydroxylation is 2. The molecule has 1 unspecified atom stereocenters. The number of benzene rings is 3. The molecule has 2 aliphatic heterocycles. The van der Waals surface area contributed by atoms with Gasteiger partial charge in [-0.25, -0.2) is 0 Å². The molecule has 35 heavy (non-hydrogen) atoms. The van der Waals surface area contributed by atoms with Gasteiger partial charge in [0.25, 0.3) is 11.7 Å². The molecule has 7 nitrogen and oxygen atoms in total. The Bertz CT molecular complexity index is 1360. The first-order valence-corrected chi connectivity index (χ1v) is 11.3. The smallest absolute Gasteiger partial charge is 0.295 e. The van der Waals surface area contributed by atoms with Gasteiger partial charge < -0.3 is 24.2 Å². The van der Waals surface area contributed by atoms with E-state index in [1.165, 1.54) is 4.90 Å². The first kappa shape index (κ1) is 22.5. The van der Waals surface area contributed by atoms with Crippen LogP contribution in [0.3, 0.4) is 0 Å². The van der Waals surface area contributed by atoms with Crippen LogP contribution in [0.1, 0.15) is 33.9 Å². The molecule has 7 heteroatoms. The Kier molecular flexibility index (Phi) is 5.68. The number of aliphatic hydroxyl groups excluding tert-OH is 1.